The number of halogens is 3. The number of ether oxygens (including phenoxy) is 1. The molecule has 0 saturated heterocycles. The quantitative estimate of drug-likeness (QED) is 0.342. The molecule has 0 aliphatic carbocycles. The van der Waals surface area contributed by atoms with E-state index in [1.165, 1.54) is 6.33 Å². The summed E-state index contributed by atoms with van der Waals surface area (Å²) in [6.45, 7) is 0. The summed E-state index contributed by atoms with van der Waals surface area (Å²) in [5.74, 6) is 1.40. The van der Waals surface area contributed by atoms with Crippen molar-refractivity contribution in [3.05, 3.63) is 110 Å². The van der Waals surface area contributed by atoms with Crippen LogP contribution in [0.2, 0.25) is 15.1 Å². The van der Waals surface area contributed by atoms with Crippen molar-refractivity contribution < 1.29 is 4.74 Å². The van der Waals surface area contributed by atoms with Gasteiger partial charge >= 0.3 is 0 Å². The lowest BCUT2D eigenvalue weighted by Gasteiger charge is -2.39. The van der Waals surface area contributed by atoms with Crippen LogP contribution in [-0.4, -0.2) is 14.8 Å². The molecule has 0 spiro atoms. The monoisotopic (exact) mass is 480 g/mol. The summed E-state index contributed by atoms with van der Waals surface area (Å²) in [4.78, 5) is 4.43. The van der Waals surface area contributed by atoms with Crippen LogP contribution in [0.3, 0.4) is 0 Å². The number of aromatic nitrogens is 3. The van der Waals surface area contributed by atoms with E-state index in [1.807, 2.05) is 65.3 Å². The van der Waals surface area contributed by atoms with Crippen LogP contribution in [0.25, 0.3) is 5.70 Å². The molecule has 2 aliphatic rings. The smallest absolute Gasteiger partial charge is 0.226 e. The molecule has 1 aromatic heterocycles. The number of rotatable bonds is 2. The summed E-state index contributed by atoms with van der Waals surface area (Å²) >= 11 is 19.2. The number of benzene rings is 3. The molecular formula is C24H15Cl3N4O. The molecule has 1 N–H and O–H groups in total. The van der Waals surface area contributed by atoms with Gasteiger partial charge in [0, 0.05) is 26.2 Å². The lowest BCUT2D eigenvalue weighted by molar-refractivity contribution is 0.223. The van der Waals surface area contributed by atoms with E-state index in [-0.39, 0.29) is 6.04 Å². The van der Waals surface area contributed by atoms with Crippen LogP contribution in [0, 0.1) is 0 Å². The lowest BCUT2D eigenvalue weighted by Crippen LogP contribution is -2.32. The van der Waals surface area contributed by atoms with Gasteiger partial charge in [-0.1, -0.05) is 65.1 Å². The number of hydrogen-bond donors (Lipinski definition) is 1. The first-order valence-corrected chi connectivity index (χ1v) is 11.1. The molecule has 0 radical (unpaired) electrons. The maximum absolute atomic E-state index is 6.70. The summed E-state index contributed by atoms with van der Waals surface area (Å²) in [5, 5.41) is 9.72. The molecule has 0 bridgehead atoms. The normalized spacial score (nSPS) is 18.8. The highest BCUT2D eigenvalue weighted by Gasteiger charge is 2.41. The fraction of sp³-hybridized carbons (Fsp3) is 0.0833. The van der Waals surface area contributed by atoms with Crippen LogP contribution in [-0.2, 0) is 0 Å². The van der Waals surface area contributed by atoms with E-state index in [4.69, 9.17) is 39.5 Å². The van der Waals surface area contributed by atoms with Gasteiger partial charge in [-0.3, -0.25) is 0 Å². The van der Waals surface area contributed by atoms with Crippen molar-refractivity contribution in [3.8, 4) is 5.75 Å². The van der Waals surface area contributed by atoms with Crippen molar-refractivity contribution in [1.29, 1.82) is 0 Å². The highest BCUT2D eigenvalue weighted by Crippen LogP contribution is 2.51. The van der Waals surface area contributed by atoms with E-state index < -0.39 is 6.10 Å². The van der Waals surface area contributed by atoms with Gasteiger partial charge in [-0.2, -0.15) is 10.1 Å². The van der Waals surface area contributed by atoms with E-state index in [1.54, 1.807) is 6.07 Å². The molecule has 32 heavy (non-hydrogen) atoms. The number of nitrogens with zero attached hydrogens (tertiary/aromatic N) is 3. The van der Waals surface area contributed by atoms with Crippen molar-refractivity contribution in [2.45, 2.75) is 12.1 Å². The van der Waals surface area contributed by atoms with Gasteiger partial charge in [-0.25, -0.2) is 4.68 Å². The van der Waals surface area contributed by atoms with Crippen LogP contribution in [0.4, 0.5) is 5.95 Å². The maximum Gasteiger partial charge on any atom is 0.226 e. The third-order valence-corrected chi connectivity index (χ3v) is 6.53. The van der Waals surface area contributed by atoms with Gasteiger partial charge in [0.05, 0.1) is 5.70 Å². The molecular weight excluding hydrogens is 467 g/mol. The van der Waals surface area contributed by atoms with Gasteiger partial charge < -0.3 is 10.1 Å². The second kappa shape index (κ2) is 7.55. The molecule has 0 unspecified atom stereocenters. The second-order valence-corrected chi connectivity index (χ2v) is 8.88. The van der Waals surface area contributed by atoms with Gasteiger partial charge in [0.15, 0.2) is 0 Å². The van der Waals surface area contributed by atoms with E-state index in [9.17, 15) is 0 Å². The Morgan fingerprint density at radius 3 is 2.59 bits per heavy atom. The Morgan fingerprint density at radius 2 is 1.75 bits per heavy atom. The van der Waals surface area contributed by atoms with E-state index in [0.717, 1.165) is 33.7 Å². The average Bonchev–Trinajstić information content (AvgIpc) is 3.26. The molecule has 4 aromatic rings. The summed E-state index contributed by atoms with van der Waals surface area (Å²) in [6, 6.07) is 20.8. The lowest BCUT2D eigenvalue weighted by atomic mass is 9.84. The minimum Gasteiger partial charge on any atom is -0.480 e. The largest absolute Gasteiger partial charge is 0.480 e. The van der Waals surface area contributed by atoms with Crippen LogP contribution < -0.4 is 10.1 Å². The topological polar surface area (TPSA) is 52.0 Å². The van der Waals surface area contributed by atoms with E-state index in [0.29, 0.717) is 21.0 Å². The van der Waals surface area contributed by atoms with Gasteiger partial charge in [0.1, 0.15) is 24.2 Å². The van der Waals surface area contributed by atoms with E-state index >= 15 is 0 Å². The average molecular weight is 482 g/mol. The van der Waals surface area contributed by atoms with Crippen molar-refractivity contribution in [3.63, 3.8) is 0 Å². The molecule has 3 aromatic carbocycles. The number of para-hydroxylation sites is 1. The molecule has 5 nitrogen and oxygen atoms in total. The molecule has 0 saturated carbocycles. The standard InChI is InChI=1S/C24H15Cl3N4O/c25-14-5-3-4-13(10-14)23-20-21(17-6-1-2-7-19(17)32-23)30-24-28-12-29-31(24)22(20)16-9-8-15(26)11-18(16)27/h1-12,22-23H,(H,28,29,30)/t22-,23-/m0/s1. The summed E-state index contributed by atoms with van der Waals surface area (Å²) in [6.07, 6.45) is 1.11. The summed E-state index contributed by atoms with van der Waals surface area (Å²) in [5.41, 5.74) is 4.62. The highest BCUT2D eigenvalue weighted by molar-refractivity contribution is 6.35. The molecule has 158 valence electrons. The number of nitrogens with one attached hydrogen (secondary N) is 1. The summed E-state index contributed by atoms with van der Waals surface area (Å²) in [7, 11) is 0. The van der Waals surface area contributed by atoms with Crippen molar-refractivity contribution >= 4 is 46.4 Å². The molecule has 0 fully saturated rings. The van der Waals surface area contributed by atoms with Crippen molar-refractivity contribution in [2.24, 2.45) is 0 Å². The van der Waals surface area contributed by atoms with Crippen LogP contribution in [0.15, 0.2) is 78.6 Å². The van der Waals surface area contributed by atoms with Crippen molar-refractivity contribution in [1.82, 2.24) is 14.8 Å². The van der Waals surface area contributed by atoms with Gasteiger partial charge in [-0.05, 0) is 47.5 Å². The van der Waals surface area contributed by atoms with E-state index in [2.05, 4.69) is 15.4 Å². The second-order valence-electron chi connectivity index (χ2n) is 7.60. The number of fused-ring (bicyclic) bond motifs is 3. The zero-order valence-corrected chi connectivity index (χ0v) is 18.7. The SMILES string of the molecule is Clc1cccc([C@@H]2Oc3ccccc3C3=C2[C@H](c2ccc(Cl)cc2Cl)n2ncnc2N3)c1. The summed E-state index contributed by atoms with van der Waals surface area (Å²) < 4.78 is 8.38. The molecule has 2 aliphatic heterocycles. The molecule has 0 amide bonds. The predicted octanol–water partition coefficient (Wildman–Crippen LogP) is 6.80. The minimum atomic E-state index is -0.416. The Kier molecular flexibility index (Phi) is 4.65. The highest BCUT2D eigenvalue weighted by atomic mass is 35.5. The molecule has 3 heterocycles. The van der Waals surface area contributed by atoms with Gasteiger partial charge in [0.2, 0.25) is 5.95 Å². The Hall–Kier alpha value is -2.99. The molecule has 8 heteroatoms. The van der Waals surface area contributed by atoms with Crippen molar-refractivity contribution in [2.75, 3.05) is 5.32 Å². The van der Waals surface area contributed by atoms with Crippen LogP contribution >= 0.6 is 34.8 Å². The Labute approximate surface area is 199 Å². The first-order valence-electron chi connectivity index (χ1n) is 9.97. The molecule has 2 atom stereocenters. The van der Waals surface area contributed by atoms with Gasteiger partial charge in [0.25, 0.3) is 0 Å². The number of anilines is 1. The Bertz CT molecular complexity index is 1400. The van der Waals surface area contributed by atoms with Crippen LogP contribution in [0.5, 0.6) is 5.75 Å². The van der Waals surface area contributed by atoms with Crippen LogP contribution in [0.1, 0.15) is 28.8 Å². The minimum absolute atomic E-state index is 0.356. The fourth-order valence-electron chi connectivity index (χ4n) is 4.38. The first kappa shape index (κ1) is 19.7. The predicted molar refractivity (Wildman–Crippen MR) is 126 cm³/mol. The Balaban J connectivity index is 1.65. The fourth-order valence-corrected chi connectivity index (χ4v) is 5.10. The molecule has 6 rings (SSSR count). The maximum atomic E-state index is 6.70. The third-order valence-electron chi connectivity index (χ3n) is 5.73. The zero-order valence-electron chi connectivity index (χ0n) is 16.5. The first-order chi connectivity index (χ1) is 15.6. The Morgan fingerprint density at radius 1 is 0.906 bits per heavy atom. The third kappa shape index (κ3) is 3.08. The van der Waals surface area contributed by atoms with Gasteiger partial charge in [-0.15, -0.1) is 0 Å². The zero-order chi connectivity index (χ0) is 21.8. The number of hydrogen-bond acceptors (Lipinski definition) is 4.